The molecule has 0 saturated carbocycles. The van der Waals surface area contributed by atoms with Crippen LogP contribution in [-0.2, 0) is 22.7 Å². The minimum atomic E-state index is -2.94. The summed E-state index contributed by atoms with van der Waals surface area (Å²) in [4.78, 5) is 0. The molecule has 0 amide bonds. The third kappa shape index (κ3) is 7.52. The van der Waals surface area contributed by atoms with E-state index in [-0.39, 0.29) is 0 Å². The molecule has 0 aliphatic heterocycles. The Bertz CT molecular complexity index is 536. The summed E-state index contributed by atoms with van der Waals surface area (Å²) in [6.45, 7) is 7.57. The first kappa shape index (κ1) is 20.2. The number of hydrogen-bond acceptors (Lipinski definition) is 2. The summed E-state index contributed by atoms with van der Waals surface area (Å²) < 4.78 is 23.4. The van der Waals surface area contributed by atoms with Crippen LogP contribution in [0.25, 0.3) is 0 Å². The van der Waals surface area contributed by atoms with E-state index < -0.39 is 14.6 Å². The van der Waals surface area contributed by atoms with Crippen LogP contribution < -0.4 is 0 Å². The Balaban J connectivity index is 2.14. The smallest absolute Gasteiger partial charge is 0.155 e. The maximum absolute atomic E-state index is 12.0. The summed E-state index contributed by atoms with van der Waals surface area (Å²) in [6, 6.07) is 8.99. The molecule has 0 bridgehead atoms. The molecule has 2 nitrogen and oxygen atoms in total. The van der Waals surface area contributed by atoms with Crippen LogP contribution in [-0.4, -0.2) is 18.9 Å². The summed E-state index contributed by atoms with van der Waals surface area (Å²) in [5.74, 6) is 0.329. The molecular formula is C20H34O2S. The topological polar surface area (TPSA) is 34.1 Å². The Morgan fingerprint density at radius 3 is 1.78 bits per heavy atom. The minimum Gasteiger partial charge on any atom is -0.228 e. The van der Waals surface area contributed by atoms with Crippen LogP contribution in [0, 0.1) is 0 Å². The Labute approximate surface area is 143 Å². The van der Waals surface area contributed by atoms with Crippen molar-refractivity contribution in [1.29, 1.82) is 0 Å². The fraction of sp³-hybridized carbons (Fsp3) is 0.700. The van der Waals surface area contributed by atoms with E-state index in [9.17, 15) is 8.42 Å². The van der Waals surface area contributed by atoms with Gasteiger partial charge >= 0.3 is 0 Å². The Hall–Kier alpha value is -0.830. The zero-order valence-corrected chi connectivity index (χ0v) is 16.2. The normalized spacial score (nSPS) is 12.5. The fourth-order valence-electron chi connectivity index (χ4n) is 2.62. The SMILES string of the molecule is CCCc1ccc(CCCCCCCS(=O)(=O)C(C)(C)C)cc1. The van der Waals surface area contributed by atoms with Crippen LogP contribution in [0.4, 0.5) is 0 Å². The van der Waals surface area contributed by atoms with Crippen molar-refractivity contribution >= 4 is 9.84 Å². The van der Waals surface area contributed by atoms with E-state index in [4.69, 9.17) is 0 Å². The molecule has 1 rings (SSSR count). The van der Waals surface area contributed by atoms with E-state index in [1.807, 2.05) is 0 Å². The lowest BCUT2D eigenvalue weighted by molar-refractivity contribution is 0.552. The van der Waals surface area contributed by atoms with Gasteiger partial charge in [-0.3, -0.25) is 0 Å². The van der Waals surface area contributed by atoms with Gasteiger partial charge < -0.3 is 0 Å². The largest absolute Gasteiger partial charge is 0.228 e. The maximum atomic E-state index is 12.0. The van der Waals surface area contributed by atoms with Crippen molar-refractivity contribution in [3.8, 4) is 0 Å². The first-order valence-corrected chi connectivity index (χ1v) is 10.7. The zero-order chi connectivity index (χ0) is 17.3. The van der Waals surface area contributed by atoms with Gasteiger partial charge in [0.25, 0.3) is 0 Å². The van der Waals surface area contributed by atoms with Gasteiger partial charge in [-0.05, 0) is 57.6 Å². The first-order valence-electron chi connectivity index (χ1n) is 9.06. The molecule has 0 unspecified atom stereocenters. The molecule has 0 spiro atoms. The van der Waals surface area contributed by atoms with Gasteiger partial charge in [0.1, 0.15) is 0 Å². The number of hydrogen-bond donors (Lipinski definition) is 0. The third-order valence-corrected chi connectivity index (χ3v) is 7.07. The van der Waals surface area contributed by atoms with E-state index in [1.165, 1.54) is 30.4 Å². The highest BCUT2D eigenvalue weighted by Gasteiger charge is 2.27. The van der Waals surface area contributed by atoms with Crippen molar-refractivity contribution in [2.75, 3.05) is 5.75 Å². The van der Waals surface area contributed by atoms with Gasteiger partial charge in [0.05, 0.1) is 10.5 Å². The zero-order valence-electron chi connectivity index (χ0n) is 15.4. The number of benzene rings is 1. The molecule has 0 saturated heterocycles. The van der Waals surface area contributed by atoms with Gasteiger partial charge in [-0.15, -0.1) is 0 Å². The van der Waals surface area contributed by atoms with E-state index in [1.54, 1.807) is 20.8 Å². The van der Waals surface area contributed by atoms with Gasteiger partial charge in [-0.2, -0.15) is 0 Å². The standard InChI is InChI=1S/C20H34O2S/c1-5-11-18-13-15-19(16-14-18)12-9-7-6-8-10-17-23(21,22)20(2,3)4/h13-16H,5-12,17H2,1-4H3. The molecule has 132 valence electrons. The quantitative estimate of drug-likeness (QED) is 0.539. The van der Waals surface area contributed by atoms with Crippen molar-refractivity contribution in [3.63, 3.8) is 0 Å². The highest BCUT2D eigenvalue weighted by atomic mass is 32.2. The third-order valence-electron chi connectivity index (χ3n) is 4.37. The molecule has 0 N–H and O–H groups in total. The van der Waals surface area contributed by atoms with E-state index >= 15 is 0 Å². The van der Waals surface area contributed by atoms with Crippen LogP contribution in [0.5, 0.6) is 0 Å². The van der Waals surface area contributed by atoms with Crippen LogP contribution in [0.3, 0.4) is 0 Å². The summed E-state index contributed by atoms with van der Waals surface area (Å²) >= 11 is 0. The highest BCUT2D eigenvalue weighted by Crippen LogP contribution is 2.18. The second kappa shape index (κ2) is 9.46. The number of sulfone groups is 1. The fourth-order valence-corrected chi connectivity index (χ4v) is 3.82. The highest BCUT2D eigenvalue weighted by molar-refractivity contribution is 7.92. The van der Waals surface area contributed by atoms with Crippen molar-refractivity contribution in [2.24, 2.45) is 0 Å². The van der Waals surface area contributed by atoms with E-state index in [0.717, 1.165) is 32.1 Å². The first-order chi connectivity index (χ1) is 10.8. The Kier molecular flexibility index (Phi) is 8.32. The average Bonchev–Trinajstić information content (AvgIpc) is 2.47. The van der Waals surface area contributed by atoms with Gasteiger partial charge in [0, 0.05) is 0 Å². The molecule has 0 aromatic heterocycles. The van der Waals surface area contributed by atoms with Gasteiger partial charge in [0.2, 0.25) is 0 Å². The van der Waals surface area contributed by atoms with Crippen molar-refractivity contribution in [2.45, 2.75) is 83.8 Å². The Morgan fingerprint density at radius 2 is 1.26 bits per heavy atom. The molecular weight excluding hydrogens is 304 g/mol. The van der Waals surface area contributed by atoms with Crippen molar-refractivity contribution in [1.82, 2.24) is 0 Å². The second-order valence-corrected chi connectivity index (χ2v) is 10.4. The molecule has 0 atom stereocenters. The number of rotatable bonds is 10. The molecule has 3 heteroatoms. The van der Waals surface area contributed by atoms with E-state index in [2.05, 4.69) is 31.2 Å². The molecule has 0 radical (unpaired) electrons. The van der Waals surface area contributed by atoms with Crippen LogP contribution in [0.2, 0.25) is 0 Å². The summed E-state index contributed by atoms with van der Waals surface area (Å²) in [6.07, 6.45) is 8.82. The summed E-state index contributed by atoms with van der Waals surface area (Å²) in [5.41, 5.74) is 2.84. The predicted octanol–water partition coefficient (Wildman–Crippen LogP) is 5.35. The van der Waals surface area contributed by atoms with Crippen molar-refractivity contribution in [3.05, 3.63) is 35.4 Å². The predicted molar refractivity (Wildman–Crippen MR) is 101 cm³/mol. The molecule has 0 heterocycles. The van der Waals surface area contributed by atoms with Gasteiger partial charge in [-0.25, -0.2) is 8.42 Å². The molecule has 0 aliphatic carbocycles. The van der Waals surface area contributed by atoms with Crippen molar-refractivity contribution < 1.29 is 8.42 Å². The molecule has 23 heavy (non-hydrogen) atoms. The number of aryl methyl sites for hydroxylation is 2. The summed E-state index contributed by atoms with van der Waals surface area (Å²) in [5, 5.41) is 0. The molecule has 1 aromatic rings. The van der Waals surface area contributed by atoms with Crippen LogP contribution in [0.1, 0.15) is 77.3 Å². The monoisotopic (exact) mass is 338 g/mol. The number of unbranched alkanes of at least 4 members (excludes halogenated alkanes) is 4. The molecule has 0 aliphatic rings. The molecule has 0 fully saturated rings. The second-order valence-electron chi connectivity index (χ2n) is 7.52. The minimum absolute atomic E-state index is 0.329. The van der Waals surface area contributed by atoms with E-state index in [0.29, 0.717) is 5.75 Å². The lowest BCUT2D eigenvalue weighted by atomic mass is 10.0. The lowest BCUT2D eigenvalue weighted by Crippen LogP contribution is -2.30. The maximum Gasteiger partial charge on any atom is 0.155 e. The van der Waals surface area contributed by atoms with Gasteiger partial charge in [0.15, 0.2) is 9.84 Å². The lowest BCUT2D eigenvalue weighted by Gasteiger charge is -2.18. The van der Waals surface area contributed by atoms with Crippen LogP contribution >= 0.6 is 0 Å². The van der Waals surface area contributed by atoms with Gasteiger partial charge in [-0.1, -0.05) is 56.9 Å². The average molecular weight is 339 g/mol. The summed E-state index contributed by atoms with van der Waals surface area (Å²) in [7, 11) is -2.94. The van der Waals surface area contributed by atoms with Crippen LogP contribution in [0.15, 0.2) is 24.3 Å². The Morgan fingerprint density at radius 1 is 0.783 bits per heavy atom. The molecule has 1 aromatic carbocycles.